The molecule has 2 unspecified atom stereocenters. The smallest absolute Gasteiger partial charge is 0.242 e. The molecule has 0 aromatic carbocycles. The van der Waals surface area contributed by atoms with Crippen molar-refractivity contribution in [2.24, 2.45) is 5.41 Å². The maximum Gasteiger partial charge on any atom is 0.242 e. The molecule has 0 aliphatic heterocycles. The van der Waals surface area contributed by atoms with Crippen LogP contribution in [0.4, 0.5) is 0 Å². The van der Waals surface area contributed by atoms with Crippen molar-refractivity contribution in [1.29, 1.82) is 0 Å². The highest BCUT2D eigenvalue weighted by molar-refractivity contribution is 5.89. The number of nitrogens with one attached hydrogen (secondary N) is 3. The fourth-order valence-corrected chi connectivity index (χ4v) is 1.40. The van der Waals surface area contributed by atoms with Gasteiger partial charge in [-0.05, 0) is 13.8 Å². The van der Waals surface area contributed by atoms with E-state index in [1.807, 2.05) is 6.92 Å². The van der Waals surface area contributed by atoms with Gasteiger partial charge in [-0.2, -0.15) is 0 Å². The fraction of sp³-hybridized carbons (Fsp3) is 0.615. The number of rotatable bonds is 4. The normalized spacial score (nSPS) is 14.6. The SMILES string of the molecule is CC(NC(=O)C(C)(C)C)C(=O)NC(C)c1ncc[nH]1. The first-order chi connectivity index (χ1) is 8.71. The first-order valence-corrected chi connectivity index (χ1v) is 6.32. The highest BCUT2D eigenvalue weighted by Gasteiger charge is 2.25. The van der Waals surface area contributed by atoms with Crippen LogP contribution in [0.2, 0.25) is 0 Å². The van der Waals surface area contributed by atoms with Crippen LogP contribution in [0.25, 0.3) is 0 Å². The molecular weight excluding hydrogens is 244 g/mol. The Kier molecular flexibility index (Phi) is 4.69. The van der Waals surface area contributed by atoms with Gasteiger partial charge in [0, 0.05) is 17.8 Å². The van der Waals surface area contributed by atoms with Crippen molar-refractivity contribution < 1.29 is 9.59 Å². The second kappa shape index (κ2) is 5.86. The number of carbonyl (C=O) groups is 2. The third-order valence-corrected chi connectivity index (χ3v) is 2.71. The van der Waals surface area contributed by atoms with Crippen LogP contribution in [0.5, 0.6) is 0 Å². The molecule has 2 atom stereocenters. The summed E-state index contributed by atoms with van der Waals surface area (Å²) in [5.74, 6) is 0.296. The van der Waals surface area contributed by atoms with E-state index in [-0.39, 0.29) is 17.9 Å². The van der Waals surface area contributed by atoms with E-state index in [9.17, 15) is 9.59 Å². The molecule has 19 heavy (non-hydrogen) atoms. The van der Waals surface area contributed by atoms with Crippen molar-refractivity contribution in [3.05, 3.63) is 18.2 Å². The van der Waals surface area contributed by atoms with E-state index >= 15 is 0 Å². The van der Waals surface area contributed by atoms with Gasteiger partial charge < -0.3 is 15.6 Å². The molecule has 2 amide bonds. The van der Waals surface area contributed by atoms with Crippen LogP contribution in [0.15, 0.2) is 12.4 Å². The number of imidazole rings is 1. The van der Waals surface area contributed by atoms with E-state index in [1.54, 1.807) is 40.1 Å². The second-order valence-electron chi connectivity index (χ2n) is 5.65. The third-order valence-electron chi connectivity index (χ3n) is 2.71. The van der Waals surface area contributed by atoms with Gasteiger partial charge in [-0.3, -0.25) is 9.59 Å². The zero-order valence-corrected chi connectivity index (χ0v) is 12.1. The van der Waals surface area contributed by atoms with Crippen molar-refractivity contribution in [3.63, 3.8) is 0 Å². The van der Waals surface area contributed by atoms with Crippen LogP contribution in [0.1, 0.15) is 46.5 Å². The third kappa shape index (κ3) is 4.39. The van der Waals surface area contributed by atoms with Gasteiger partial charge in [-0.15, -0.1) is 0 Å². The molecule has 0 fully saturated rings. The zero-order chi connectivity index (χ0) is 14.6. The molecule has 3 N–H and O–H groups in total. The Morgan fingerprint density at radius 1 is 1.26 bits per heavy atom. The largest absolute Gasteiger partial charge is 0.347 e. The maximum absolute atomic E-state index is 11.9. The van der Waals surface area contributed by atoms with E-state index in [1.165, 1.54) is 0 Å². The van der Waals surface area contributed by atoms with Gasteiger partial charge in [0.1, 0.15) is 11.9 Å². The average molecular weight is 266 g/mol. The molecule has 1 rings (SSSR count). The summed E-state index contributed by atoms with van der Waals surface area (Å²) in [5, 5.41) is 5.48. The maximum atomic E-state index is 11.9. The van der Waals surface area contributed by atoms with Crippen LogP contribution < -0.4 is 10.6 Å². The Morgan fingerprint density at radius 2 is 1.89 bits per heavy atom. The average Bonchev–Trinajstić information content (AvgIpc) is 2.80. The number of hydrogen-bond donors (Lipinski definition) is 3. The molecule has 6 nitrogen and oxygen atoms in total. The summed E-state index contributed by atoms with van der Waals surface area (Å²) < 4.78 is 0. The van der Waals surface area contributed by atoms with E-state index in [0.717, 1.165) is 0 Å². The van der Waals surface area contributed by atoms with Gasteiger partial charge in [-0.25, -0.2) is 4.98 Å². The molecule has 0 radical (unpaired) electrons. The minimum absolute atomic E-state index is 0.152. The molecule has 0 saturated carbocycles. The van der Waals surface area contributed by atoms with Crippen molar-refractivity contribution in [2.45, 2.75) is 46.7 Å². The van der Waals surface area contributed by atoms with Gasteiger partial charge in [-0.1, -0.05) is 20.8 Å². The highest BCUT2D eigenvalue weighted by Crippen LogP contribution is 2.13. The summed E-state index contributed by atoms with van der Waals surface area (Å²) in [6.45, 7) is 8.90. The Hall–Kier alpha value is -1.85. The van der Waals surface area contributed by atoms with Crippen molar-refractivity contribution in [1.82, 2.24) is 20.6 Å². The minimum atomic E-state index is -0.580. The van der Waals surface area contributed by atoms with E-state index in [0.29, 0.717) is 5.82 Å². The highest BCUT2D eigenvalue weighted by atomic mass is 16.2. The first-order valence-electron chi connectivity index (χ1n) is 6.32. The van der Waals surface area contributed by atoms with Crippen LogP contribution >= 0.6 is 0 Å². The minimum Gasteiger partial charge on any atom is -0.347 e. The molecule has 1 heterocycles. The Labute approximate surface area is 113 Å². The van der Waals surface area contributed by atoms with E-state index in [4.69, 9.17) is 0 Å². The lowest BCUT2D eigenvalue weighted by molar-refractivity contribution is -0.133. The Morgan fingerprint density at radius 3 is 2.37 bits per heavy atom. The number of hydrogen-bond acceptors (Lipinski definition) is 3. The summed E-state index contributed by atoms with van der Waals surface area (Å²) in [4.78, 5) is 30.7. The number of aromatic nitrogens is 2. The van der Waals surface area contributed by atoms with E-state index < -0.39 is 11.5 Å². The first kappa shape index (κ1) is 15.2. The predicted molar refractivity (Wildman–Crippen MR) is 72.2 cm³/mol. The van der Waals surface area contributed by atoms with Crippen molar-refractivity contribution in [2.75, 3.05) is 0 Å². The Bertz CT molecular complexity index is 434. The van der Waals surface area contributed by atoms with E-state index in [2.05, 4.69) is 20.6 Å². The zero-order valence-electron chi connectivity index (χ0n) is 12.1. The van der Waals surface area contributed by atoms with Gasteiger partial charge in [0.05, 0.1) is 6.04 Å². The molecule has 0 saturated heterocycles. The summed E-state index contributed by atoms with van der Waals surface area (Å²) in [7, 11) is 0. The van der Waals surface area contributed by atoms with Crippen LogP contribution in [0.3, 0.4) is 0 Å². The fourth-order valence-electron chi connectivity index (χ4n) is 1.40. The molecule has 1 aromatic heterocycles. The quantitative estimate of drug-likeness (QED) is 0.763. The monoisotopic (exact) mass is 266 g/mol. The number of H-pyrrole nitrogens is 1. The van der Waals surface area contributed by atoms with Crippen molar-refractivity contribution >= 4 is 11.8 Å². The molecule has 0 spiro atoms. The van der Waals surface area contributed by atoms with Gasteiger partial charge in [0.15, 0.2) is 0 Å². The second-order valence-corrected chi connectivity index (χ2v) is 5.65. The lowest BCUT2D eigenvalue weighted by Crippen LogP contribution is -2.48. The lowest BCUT2D eigenvalue weighted by Gasteiger charge is -2.22. The van der Waals surface area contributed by atoms with Gasteiger partial charge in [0.2, 0.25) is 11.8 Å². The number of aromatic amines is 1. The molecule has 1 aromatic rings. The molecule has 6 heteroatoms. The molecule has 106 valence electrons. The predicted octanol–water partition coefficient (Wildman–Crippen LogP) is 1.14. The van der Waals surface area contributed by atoms with Crippen LogP contribution in [0, 0.1) is 5.41 Å². The molecular formula is C13H22N4O2. The standard InChI is InChI=1S/C13H22N4O2/c1-8(10-14-6-7-15-10)16-11(18)9(2)17-12(19)13(3,4)5/h6-9H,1-5H3,(H,14,15)(H,16,18)(H,17,19). The lowest BCUT2D eigenvalue weighted by atomic mass is 9.95. The molecule has 0 aliphatic carbocycles. The number of amides is 2. The van der Waals surface area contributed by atoms with Crippen LogP contribution in [-0.2, 0) is 9.59 Å². The van der Waals surface area contributed by atoms with Crippen LogP contribution in [-0.4, -0.2) is 27.8 Å². The molecule has 0 aliphatic rings. The van der Waals surface area contributed by atoms with Crippen molar-refractivity contribution in [3.8, 4) is 0 Å². The molecule has 0 bridgehead atoms. The number of nitrogens with zero attached hydrogens (tertiary/aromatic N) is 1. The summed E-state index contributed by atoms with van der Waals surface area (Å²) in [6, 6.07) is -0.805. The topological polar surface area (TPSA) is 86.9 Å². The summed E-state index contributed by atoms with van der Waals surface area (Å²) in [6.07, 6.45) is 3.32. The number of carbonyl (C=O) groups excluding carboxylic acids is 2. The van der Waals surface area contributed by atoms with Gasteiger partial charge in [0.25, 0.3) is 0 Å². The summed E-state index contributed by atoms with van der Waals surface area (Å²) in [5.41, 5.74) is -0.513. The van der Waals surface area contributed by atoms with Gasteiger partial charge >= 0.3 is 0 Å². The summed E-state index contributed by atoms with van der Waals surface area (Å²) >= 11 is 0. The Balaban J connectivity index is 2.52.